The molecule has 1 unspecified atom stereocenters. The lowest BCUT2D eigenvalue weighted by atomic mass is 10.0. The highest BCUT2D eigenvalue weighted by Gasteiger charge is 2.23. The van der Waals surface area contributed by atoms with Crippen molar-refractivity contribution in [2.45, 2.75) is 52.1 Å². The zero-order valence-corrected chi connectivity index (χ0v) is 15.5. The number of anilines is 1. The Labute approximate surface area is 150 Å². The van der Waals surface area contributed by atoms with Crippen molar-refractivity contribution in [3.63, 3.8) is 0 Å². The summed E-state index contributed by atoms with van der Waals surface area (Å²) in [6.45, 7) is 8.25. The van der Waals surface area contributed by atoms with E-state index in [0.717, 1.165) is 43.6 Å². The number of piperidine rings is 1. The largest absolute Gasteiger partial charge is 0.371 e. The number of urea groups is 1. The Morgan fingerprint density at radius 2 is 1.88 bits per heavy atom. The Bertz CT molecular complexity index is 583. The zero-order valence-electron chi connectivity index (χ0n) is 15.5. The van der Waals surface area contributed by atoms with Crippen molar-refractivity contribution in [3.05, 3.63) is 29.8 Å². The Morgan fingerprint density at radius 1 is 1.20 bits per heavy atom. The smallest absolute Gasteiger partial charge is 0.314 e. The molecule has 1 aliphatic rings. The lowest BCUT2D eigenvalue weighted by molar-refractivity contribution is 0.0939. The lowest BCUT2D eigenvalue weighted by Crippen LogP contribution is -2.48. The van der Waals surface area contributed by atoms with Gasteiger partial charge in [-0.1, -0.05) is 19.1 Å². The van der Waals surface area contributed by atoms with Crippen LogP contribution in [0.1, 0.15) is 50.4 Å². The third-order valence-electron chi connectivity index (χ3n) is 4.65. The van der Waals surface area contributed by atoms with Crippen molar-refractivity contribution in [2.24, 2.45) is 0 Å². The maximum Gasteiger partial charge on any atom is 0.314 e. The molecular formula is C19H30N4O2. The summed E-state index contributed by atoms with van der Waals surface area (Å²) >= 11 is 0. The first-order chi connectivity index (χ1) is 12.0. The van der Waals surface area contributed by atoms with Gasteiger partial charge in [-0.15, -0.1) is 0 Å². The van der Waals surface area contributed by atoms with Crippen molar-refractivity contribution < 1.29 is 9.59 Å². The van der Waals surface area contributed by atoms with Gasteiger partial charge in [0.1, 0.15) is 0 Å². The van der Waals surface area contributed by atoms with E-state index in [1.54, 1.807) is 0 Å². The summed E-state index contributed by atoms with van der Waals surface area (Å²) in [5.41, 5.74) is 1.69. The summed E-state index contributed by atoms with van der Waals surface area (Å²) < 4.78 is 0. The van der Waals surface area contributed by atoms with E-state index in [1.165, 1.54) is 0 Å². The van der Waals surface area contributed by atoms with Crippen molar-refractivity contribution in [3.8, 4) is 0 Å². The Kier molecular flexibility index (Phi) is 7.10. The first kappa shape index (κ1) is 19.1. The number of carbonyl (C=O) groups excluding carboxylic acids is 2. The van der Waals surface area contributed by atoms with E-state index >= 15 is 0 Å². The highest BCUT2D eigenvalue weighted by atomic mass is 16.2. The van der Waals surface area contributed by atoms with Gasteiger partial charge in [0.05, 0.1) is 5.56 Å². The average Bonchev–Trinajstić information content (AvgIpc) is 2.62. The zero-order chi connectivity index (χ0) is 18.2. The number of carbonyl (C=O) groups is 2. The summed E-state index contributed by atoms with van der Waals surface area (Å²) in [5, 5.41) is 8.82. The van der Waals surface area contributed by atoms with Crippen molar-refractivity contribution in [2.75, 3.05) is 24.5 Å². The van der Waals surface area contributed by atoms with Crippen LogP contribution in [-0.4, -0.2) is 43.7 Å². The van der Waals surface area contributed by atoms with E-state index < -0.39 is 0 Å². The molecule has 0 bridgehead atoms. The van der Waals surface area contributed by atoms with Gasteiger partial charge in [-0.25, -0.2) is 4.79 Å². The SMILES string of the molecule is CCNC(=O)NC1CCN(c2ccccc2C(=O)NC(C)CC)CC1. The number of para-hydroxylation sites is 1. The average molecular weight is 346 g/mol. The molecule has 25 heavy (non-hydrogen) atoms. The van der Waals surface area contributed by atoms with Crippen molar-refractivity contribution in [1.29, 1.82) is 0 Å². The fourth-order valence-electron chi connectivity index (χ4n) is 3.01. The van der Waals surface area contributed by atoms with Crippen molar-refractivity contribution >= 4 is 17.6 Å². The van der Waals surface area contributed by atoms with E-state index in [2.05, 4.69) is 27.8 Å². The van der Waals surface area contributed by atoms with Crippen LogP contribution in [0.15, 0.2) is 24.3 Å². The standard InChI is InChI=1S/C19H30N4O2/c1-4-14(3)21-18(24)16-8-6-7-9-17(16)23-12-10-15(11-13-23)22-19(25)20-5-2/h6-9,14-15H,4-5,10-13H2,1-3H3,(H,21,24)(H2,20,22,25). The molecule has 6 nitrogen and oxygen atoms in total. The number of hydrogen-bond donors (Lipinski definition) is 3. The molecule has 1 aromatic rings. The number of hydrogen-bond acceptors (Lipinski definition) is 3. The molecule has 6 heteroatoms. The van der Waals surface area contributed by atoms with Gasteiger partial charge in [0, 0.05) is 37.4 Å². The third kappa shape index (κ3) is 5.37. The van der Waals surface area contributed by atoms with E-state index in [-0.39, 0.29) is 24.0 Å². The molecule has 3 amide bonds. The molecule has 0 aliphatic carbocycles. The molecule has 1 aromatic carbocycles. The Balaban J connectivity index is 1.99. The monoisotopic (exact) mass is 346 g/mol. The van der Waals surface area contributed by atoms with E-state index in [1.807, 2.05) is 38.1 Å². The number of nitrogens with one attached hydrogen (secondary N) is 3. The molecular weight excluding hydrogens is 316 g/mol. The molecule has 2 rings (SSSR count). The molecule has 0 aromatic heterocycles. The number of rotatable bonds is 6. The van der Waals surface area contributed by atoms with Crippen LogP contribution in [0.3, 0.4) is 0 Å². The molecule has 3 N–H and O–H groups in total. The topological polar surface area (TPSA) is 73.5 Å². The van der Waals surface area contributed by atoms with Crippen LogP contribution in [0, 0.1) is 0 Å². The maximum atomic E-state index is 12.6. The van der Waals surface area contributed by atoms with Crippen molar-refractivity contribution in [1.82, 2.24) is 16.0 Å². The van der Waals surface area contributed by atoms with Crippen LogP contribution in [0.25, 0.3) is 0 Å². The van der Waals surface area contributed by atoms with Gasteiger partial charge >= 0.3 is 6.03 Å². The van der Waals surface area contributed by atoms with Gasteiger partial charge < -0.3 is 20.9 Å². The summed E-state index contributed by atoms with van der Waals surface area (Å²) in [6.07, 6.45) is 2.65. The highest BCUT2D eigenvalue weighted by molar-refractivity contribution is 6.00. The molecule has 1 fully saturated rings. The lowest BCUT2D eigenvalue weighted by Gasteiger charge is -2.35. The fraction of sp³-hybridized carbons (Fsp3) is 0.579. The summed E-state index contributed by atoms with van der Waals surface area (Å²) in [6, 6.07) is 7.99. The molecule has 138 valence electrons. The summed E-state index contributed by atoms with van der Waals surface area (Å²) in [5.74, 6) is -0.0208. The maximum absolute atomic E-state index is 12.6. The van der Waals surface area contributed by atoms with Gasteiger partial charge in [0.15, 0.2) is 0 Å². The number of amides is 3. The molecule has 1 atom stereocenters. The first-order valence-corrected chi connectivity index (χ1v) is 9.24. The van der Waals surface area contributed by atoms with Crippen LogP contribution >= 0.6 is 0 Å². The van der Waals surface area contributed by atoms with Gasteiger partial charge in [-0.3, -0.25) is 4.79 Å². The van der Waals surface area contributed by atoms with E-state index in [0.29, 0.717) is 6.54 Å². The number of nitrogens with zero attached hydrogens (tertiary/aromatic N) is 1. The molecule has 0 saturated carbocycles. The fourth-order valence-corrected chi connectivity index (χ4v) is 3.01. The predicted molar refractivity (Wildman–Crippen MR) is 101 cm³/mol. The van der Waals surface area contributed by atoms with Crippen LogP contribution in [-0.2, 0) is 0 Å². The predicted octanol–water partition coefficient (Wildman–Crippen LogP) is 2.50. The van der Waals surface area contributed by atoms with Gasteiger partial charge in [0.2, 0.25) is 0 Å². The summed E-state index contributed by atoms with van der Waals surface area (Å²) in [4.78, 5) is 26.4. The van der Waals surface area contributed by atoms with Crippen LogP contribution < -0.4 is 20.9 Å². The normalized spacial score (nSPS) is 16.2. The molecule has 1 saturated heterocycles. The second-order valence-corrected chi connectivity index (χ2v) is 6.57. The molecule has 0 radical (unpaired) electrons. The summed E-state index contributed by atoms with van der Waals surface area (Å²) in [7, 11) is 0. The van der Waals surface area contributed by atoms with Crippen LogP contribution in [0.2, 0.25) is 0 Å². The van der Waals surface area contributed by atoms with Gasteiger partial charge in [-0.05, 0) is 45.2 Å². The highest BCUT2D eigenvalue weighted by Crippen LogP contribution is 2.24. The minimum Gasteiger partial charge on any atom is -0.371 e. The molecule has 0 spiro atoms. The first-order valence-electron chi connectivity index (χ1n) is 9.24. The molecule has 1 heterocycles. The van der Waals surface area contributed by atoms with Crippen LogP contribution in [0.5, 0.6) is 0 Å². The Hall–Kier alpha value is -2.24. The minimum atomic E-state index is -0.103. The minimum absolute atomic E-state index is 0.0208. The van der Waals surface area contributed by atoms with E-state index in [4.69, 9.17) is 0 Å². The third-order valence-corrected chi connectivity index (χ3v) is 4.65. The second-order valence-electron chi connectivity index (χ2n) is 6.57. The van der Waals surface area contributed by atoms with Gasteiger partial charge in [-0.2, -0.15) is 0 Å². The molecule has 1 aliphatic heterocycles. The van der Waals surface area contributed by atoms with Crippen LogP contribution in [0.4, 0.5) is 10.5 Å². The van der Waals surface area contributed by atoms with Gasteiger partial charge in [0.25, 0.3) is 5.91 Å². The Morgan fingerprint density at radius 3 is 2.52 bits per heavy atom. The second kappa shape index (κ2) is 9.30. The number of benzene rings is 1. The van der Waals surface area contributed by atoms with E-state index in [9.17, 15) is 9.59 Å². The quantitative estimate of drug-likeness (QED) is 0.741.